The van der Waals surface area contributed by atoms with Gasteiger partial charge in [-0.2, -0.15) is 0 Å². The summed E-state index contributed by atoms with van der Waals surface area (Å²) in [6.45, 7) is 0. The topological polar surface area (TPSA) is 35.3 Å². The maximum Gasteiger partial charge on any atom is 0.181 e. The molecular weight excluding hydrogens is 356 g/mol. The van der Waals surface area contributed by atoms with E-state index in [4.69, 9.17) is 9.26 Å². The lowest BCUT2D eigenvalue weighted by Crippen LogP contribution is -1.90. The molecular formula is C16H10BrF2NO2. The standard InChI is InChI=1S/C16H10BrF2NO2/c1-21-10-7-5-9(6-8-10)16-14(17)15(20-22-16)13-11(18)3-2-4-12(13)19/h2-8H,1H3. The fourth-order valence-corrected chi connectivity index (χ4v) is 2.65. The Balaban J connectivity index is 2.09. The highest BCUT2D eigenvalue weighted by molar-refractivity contribution is 9.10. The first-order chi connectivity index (χ1) is 10.6. The van der Waals surface area contributed by atoms with Crippen molar-refractivity contribution >= 4 is 15.9 Å². The predicted octanol–water partition coefficient (Wildman–Crippen LogP) is 5.06. The molecule has 0 aliphatic carbocycles. The van der Waals surface area contributed by atoms with Gasteiger partial charge in [-0.1, -0.05) is 11.2 Å². The molecule has 0 aliphatic heterocycles. The number of hydrogen-bond donors (Lipinski definition) is 0. The third kappa shape index (κ3) is 2.50. The zero-order chi connectivity index (χ0) is 15.7. The SMILES string of the molecule is COc1ccc(-c2onc(-c3c(F)cccc3F)c2Br)cc1. The van der Waals surface area contributed by atoms with Crippen molar-refractivity contribution in [3.8, 4) is 28.3 Å². The summed E-state index contributed by atoms with van der Waals surface area (Å²) in [5, 5.41) is 3.79. The lowest BCUT2D eigenvalue weighted by molar-refractivity contribution is 0.414. The van der Waals surface area contributed by atoms with Crippen molar-refractivity contribution in [2.45, 2.75) is 0 Å². The molecule has 3 rings (SSSR count). The van der Waals surface area contributed by atoms with Crippen LogP contribution >= 0.6 is 15.9 Å². The van der Waals surface area contributed by atoms with E-state index in [1.165, 1.54) is 18.2 Å². The molecule has 0 atom stereocenters. The molecule has 0 saturated carbocycles. The summed E-state index contributed by atoms with van der Waals surface area (Å²) in [4.78, 5) is 0. The van der Waals surface area contributed by atoms with E-state index in [0.29, 0.717) is 21.5 Å². The van der Waals surface area contributed by atoms with Crippen molar-refractivity contribution in [1.29, 1.82) is 0 Å². The summed E-state index contributed by atoms with van der Waals surface area (Å²) in [6.07, 6.45) is 0. The van der Waals surface area contributed by atoms with Gasteiger partial charge in [0.15, 0.2) is 5.76 Å². The smallest absolute Gasteiger partial charge is 0.181 e. The highest BCUT2D eigenvalue weighted by Crippen LogP contribution is 2.38. The van der Waals surface area contributed by atoms with Crippen molar-refractivity contribution in [3.63, 3.8) is 0 Å². The molecule has 0 N–H and O–H groups in total. The normalized spacial score (nSPS) is 10.7. The van der Waals surface area contributed by atoms with E-state index in [9.17, 15) is 8.78 Å². The number of hydrogen-bond acceptors (Lipinski definition) is 3. The van der Waals surface area contributed by atoms with E-state index in [1.54, 1.807) is 31.4 Å². The molecule has 6 heteroatoms. The largest absolute Gasteiger partial charge is 0.497 e. The molecule has 112 valence electrons. The van der Waals surface area contributed by atoms with Crippen LogP contribution in [0.4, 0.5) is 8.78 Å². The van der Waals surface area contributed by atoms with E-state index in [-0.39, 0.29) is 11.3 Å². The second-order valence-electron chi connectivity index (χ2n) is 4.50. The van der Waals surface area contributed by atoms with Gasteiger partial charge >= 0.3 is 0 Å². The van der Waals surface area contributed by atoms with Gasteiger partial charge in [0.1, 0.15) is 23.1 Å². The number of methoxy groups -OCH3 is 1. The quantitative estimate of drug-likeness (QED) is 0.650. The average molecular weight is 366 g/mol. The summed E-state index contributed by atoms with van der Waals surface area (Å²) in [5.74, 6) is -0.314. The Hall–Kier alpha value is -2.21. The minimum Gasteiger partial charge on any atom is -0.497 e. The van der Waals surface area contributed by atoms with Crippen LogP contribution in [0.5, 0.6) is 5.75 Å². The molecule has 22 heavy (non-hydrogen) atoms. The highest BCUT2D eigenvalue weighted by atomic mass is 79.9. The van der Waals surface area contributed by atoms with Crippen LogP contribution in [0.3, 0.4) is 0 Å². The third-order valence-electron chi connectivity index (χ3n) is 3.19. The van der Waals surface area contributed by atoms with Crippen molar-refractivity contribution < 1.29 is 18.0 Å². The van der Waals surface area contributed by atoms with Crippen LogP contribution in [-0.2, 0) is 0 Å². The van der Waals surface area contributed by atoms with Crippen molar-refractivity contribution in [1.82, 2.24) is 5.16 Å². The van der Waals surface area contributed by atoms with Crippen LogP contribution in [0.2, 0.25) is 0 Å². The Morgan fingerprint density at radius 1 is 1.05 bits per heavy atom. The van der Waals surface area contributed by atoms with Crippen LogP contribution in [0, 0.1) is 11.6 Å². The Kier molecular flexibility index (Phi) is 3.94. The maximum atomic E-state index is 13.9. The first-order valence-electron chi connectivity index (χ1n) is 6.36. The number of rotatable bonds is 3. The zero-order valence-electron chi connectivity index (χ0n) is 11.4. The monoisotopic (exact) mass is 365 g/mol. The van der Waals surface area contributed by atoms with Crippen LogP contribution in [0.15, 0.2) is 51.5 Å². The first kappa shape index (κ1) is 14.7. The number of benzene rings is 2. The third-order valence-corrected chi connectivity index (χ3v) is 3.92. The summed E-state index contributed by atoms with van der Waals surface area (Å²) < 4.78 is 38.5. The van der Waals surface area contributed by atoms with Crippen molar-refractivity contribution in [3.05, 3.63) is 58.6 Å². The number of aromatic nitrogens is 1. The minimum atomic E-state index is -0.699. The Morgan fingerprint density at radius 3 is 2.27 bits per heavy atom. The molecule has 0 saturated heterocycles. The number of nitrogens with zero attached hydrogens (tertiary/aromatic N) is 1. The van der Waals surface area contributed by atoms with Crippen LogP contribution in [-0.4, -0.2) is 12.3 Å². The molecule has 1 aromatic heterocycles. The molecule has 0 unspecified atom stereocenters. The Bertz CT molecular complexity index is 795. The molecule has 2 aromatic carbocycles. The molecule has 0 fully saturated rings. The minimum absolute atomic E-state index is 0.0846. The Morgan fingerprint density at radius 2 is 1.68 bits per heavy atom. The number of halogens is 3. The molecule has 0 bridgehead atoms. The van der Waals surface area contributed by atoms with Crippen LogP contribution in [0.25, 0.3) is 22.6 Å². The molecule has 3 aromatic rings. The fourth-order valence-electron chi connectivity index (χ4n) is 2.08. The Labute approximate surface area is 133 Å². The van der Waals surface area contributed by atoms with Crippen molar-refractivity contribution in [2.24, 2.45) is 0 Å². The van der Waals surface area contributed by atoms with Gasteiger partial charge in [0, 0.05) is 5.56 Å². The van der Waals surface area contributed by atoms with Gasteiger partial charge < -0.3 is 9.26 Å². The van der Waals surface area contributed by atoms with Crippen molar-refractivity contribution in [2.75, 3.05) is 7.11 Å². The van der Waals surface area contributed by atoms with Gasteiger partial charge in [-0.05, 0) is 52.3 Å². The lowest BCUT2D eigenvalue weighted by atomic mass is 10.1. The summed E-state index contributed by atoms with van der Waals surface area (Å²) >= 11 is 3.31. The lowest BCUT2D eigenvalue weighted by Gasteiger charge is -2.02. The first-order valence-corrected chi connectivity index (χ1v) is 7.15. The van der Waals surface area contributed by atoms with E-state index < -0.39 is 11.6 Å². The van der Waals surface area contributed by atoms with Crippen LogP contribution < -0.4 is 4.74 Å². The molecule has 0 amide bonds. The fraction of sp³-hybridized carbons (Fsp3) is 0.0625. The second kappa shape index (κ2) is 5.88. The van der Waals surface area contributed by atoms with E-state index in [1.807, 2.05) is 0 Å². The molecule has 0 radical (unpaired) electrons. The highest BCUT2D eigenvalue weighted by Gasteiger charge is 2.22. The summed E-state index contributed by atoms with van der Waals surface area (Å²) in [5.41, 5.74) is 0.572. The molecule has 0 aliphatic rings. The molecule has 0 spiro atoms. The molecule has 3 nitrogen and oxygen atoms in total. The van der Waals surface area contributed by atoms with Gasteiger partial charge in [-0.3, -0.25) is 0 Å². The second-order valence-corrected chi connectivity index (χ2v) is 5.29. The maximum absolute atomic E-state index is 13.9. The van der Waals surface area contributed by atoms with E-state index >= 15 is 0 Å². The predicted molar refractivity (Wildman–Crippen MR) is 81.5 cm³/mol. The van der Waals surface area contributed by atoms with Gasteiger partial charge in [0.2, 0.25) is 0 Å². The average Bonchev–Trinajstić information content (AvgIpc) is 2.89. The van der Waals surface area contributed by atoms with Gasteiger partial charge in [-0.15, -0.1) is 0 Å². The molecule has 1 heterocycles. The van der Waals surface area contributed by atoms with Gasteiger partial charge in [0.25, 0.3) is 0 Å². The summed E-state index contributed by atoms with van der Waals surface area (Å²) in [6, 6.07) is 10.7. The van der Waals surface area contributed by atoms with Gasteiger partial charge in [0.05, 0.1) is 17.1 Å². The van der Waals surface area contributed by atoms with Gasteiger partial charge in [-0.25, -0.2) is 8.78 Å². The number of ether oxygens (including phenoxy) is 1. The summed E-state index contributed by atoms with van der Waals surface area (Å²) in [7, 11) is 1.57. The van der Waals surface area contributed by atoms with E-state index in [2.05, 4.69) is 21.1 Å². The zero-order valence-corrected chi connectivity index (χ0v) is 13.0. The van der Waals surface area contributed by atoms with E-state index in [0.717, 1.165) is 0 Å². The van der Waals surface area contributed by atoms with Crippen LogP contribution in [0.1, 0.15) is 0 Å².